The molecule has 3 atom stereocenters. The van der Waals surface area contributed by atoms with Gasteiger partial charge in [0.25, 0.3) is 0 Å². The molecule has 1 saturated carbocycles. The van der Waals surface area contributed by atoms with Gasteiger partial charge >= 0.3 is 0 Å². The summed E-state index contributed by atoms with van der Waals surface area (Å²) in [4.78, 5) is 12.6. The van der Waals surface area contributed by atoms with Gasteiger partial charge in [-0.3, -0.25) is 4.79 Å². The summed E-state index contributed by atoms with van der Waals surface area (Å²) in [6.45, 7) is 2.14. The first-order chi connectivity index (χ1) is 8.70. The minimum atomic E-state index is -0.152. The predicted molar refractivity (Wildman–Crippen MR) is 71.5 cm³/mol. The number of hydrogen-bond donors (Lipinski definition) is 0. The maximum Gasteiger partial charge on any atom is 0.144 e. The van der Waals surface area contributed by atoms with Crippen molar-refractivity contribution >= 4 is 5.78 Å². The Morgan fingerprint density at radius 1 is 1.22 bits per heavy atom. The molecular weight excluding hydrogens is 220 g/mol. The smallest absolute Gasteiger partial charge is 0.144 e. The third-order valence-corrected chi connectivity index (χ3v) is 5.25. The summed E-state index contributed by atoms with van der Waals surface area (Å²) in [5, 5.41) is 0. The molecule has 0 amide bonds. The number of ketones is 1. The number of rotatable bonds is 0. The number of allylic oxidation sites excluding steroid dienone is 2. The van der Waals surface area contributed by atoms with Crippen molar-refractivity contribution in [1.29, 1.82) is 0 Å². The Hall–Kier alpha value is -1.37. The van der Waals surface area contributed by atoms with Crippen LogP contribution >= 0.6 is 0 Å². The minimum Gasteiger partial charge on any atom is -0.299 e. The van der Waals surface area contributed by atoms with Crippen molar-refractivity contribution < 1.29 is 4.79 Å². The van der Waals surface area contributed by atoms with Gasteiger partial charge in [0.2, 0.25) is 0 Å². The molecule has 18 heavy (non-hydrogen) atoms. The molecule has 0 radical (unpaired) electrons. The second kappa shape index (κ2) is 3.34. The molecule has 1 nitrogen and oxygen atoms in total. The van der Waals surface area contributed by atoms with Crippen LogP contribution in [-0.2, 0) is 16.6 Å². The van der Waals surface area contributed by atoms with E-state index in [0.29, 0.717) is 17.6 Å². The third kappa shape index (κ3) is 1.15. The Bertz CT molecular complexity index is 569. The summed E-state index contributed by atoms with van der Waals surface area (Å²) in [5.41, 5.74) is 3.94. The van der Waals surface area contributed by atoms with E-state index >= 15 is 0 Å². The summed E-state index contributed by atoms with van der Waals surface area (Å²) in [6.07, 6.45) is 8.57. The normalized spacial score (nSPS) is 36.4. The van der Waals surface area contributed by atoms with Gasteiger partial charge in [-0.1, -0.05) is 35.9 Å². The van der Waals surface area contributed by atoms with Crippen molar-refractivity contribution in [3.8, 4) is 0 Å². The van der Waals surface area contributed by atoms with Gasteiger partial charge in [-0.2, -0.15) is 0 Å². The van der Waals surface area contributed by atoms with Gasteiger partial charge in [0.1, 0.15) is 5.78 Å². The Morgan fingerprint density at radius 3 is 2.83 bits per heavy atom. The molecule has 1 aromatic rings. The number of fused-ring (bicyclic) bond motifs is 5. The highest BCUT2D eigenvalue weighted by Crippen LogP contribution is 2.56. The Labute approximate surface area is 108 Å². The number of carbonyl (C=O) groups is 1. The minimum absolute atomic E-state index is 0.152. The molecule has 4 rings (SSSR count). The fraction of sp³-hybridized carbons (Fsp3) is 0.471. The second-order valence-electron chi connectivity index (χ2n) is 6.25. The lowest BCUT2D eigenvalue weighted by Crippen LogP contribution is -2.43. The highest BCUT2D eigenvalue weighted by molar-refractivity contribution is 5.93. The van der Waals surface area contributed by atoms with E-state index in [0.717, 1.165) is 19.3 Å². The van der Waals surface area contributed by atoms with E-state index in [-0.39, 0.29) is 5.41 Å². The first-order valence-corrected chi connectivity index (χ1v) is 7.02. The fourth-order valence-corrected chi connectivity index (χ4v) is 4.47. The van der Waals surface area contributed by atoms with Crippen LogP contribution in [0.2, 0.25) is 0 Å². The van der Waals surface area contributed by atoms with Crippen LogP contribution < -0.4 is 0 Å². The van der Waals surface area contributed by atoms with E-state index < -0.39 is 0 Å². The van der Waals surface area contributed by atoms with Crippen molar-refractivity contribution in [2.75, 3.05) is 0 Å². The standard InChI is InChI=1S/C17H18O/c1-11-2-6-15-13(8-11)4-7-16(18)17(15)10-12-3-5-14(17)9-12/h2-3,5-6,8,12,14H,4,7,9-10H2,1H3. The lowest BCUT2D eigenvalue weighted by molar-refractivity contribution is -0.126. The predicted octanol–water partition coefficient (Wildman–Crippen LogP) is 3.34. The van der Waals surface area contributed by atoms with Gasteiger partial charge in [0, 0.05) is 6.42 Å². The van der Waals surface area contributed by atoms with Crippen LogP contribution in [0.3, 0.4) is 0 Å². The number of Topliss-reactive ketones (excluding diaryl/α,β-unsaturated/α-hetero) is 1. The zero-order valence-corrected chi connectivity index (χ0v) is 10.8. The first-order valence-electron chi connectivity index (χ1n) is 7.02. The zero-order valence-electron chi connectivity index (χ0n) is 10.8. The average molecular weight is 238 g/mol. The van der Waals surface area contributed by atoms with E-state index in [1.807, 2.05) is 0 Å². The monoisotopic (exact) mass is 238 g/mol. The molecule has 0 N–H and O–H groups in total. The maximum absolute atomic E-state index is 12.6. The molecule has 0 aromatic heterocycles. The molecule has 1 spiro atoms. The molecule has 1 heteroatoms. The molecule has 92 valence electrons. The van der Waals surface area contributed by atoms with Crippen molar-refractivity contribution in [2.24, 2.45) is 11.8 Å². The number of carbonyl (C=O) groups excluding carboxylic acids is 1. The number of hydrogen-bond acceptors (Lipinski definition) is 1. The summed E-state index contributed by atoms with van der Waals surface area (Å²) in [7, 11) is 0. The van der Waals surface area contributed by atoms with Crippen molar-refractivity contribution in [2.45, 2.75) is 38.0 Å². The molecule has 1 fully saturated rings. The molecule has 1 aromatic carbocycles. The van der Waals surface area contributed by atoms with E-state index in [1.54, 1.807) is 0 Å². The van der Waals surface area contributed by atoms with E-state index in [9.17, 15) is 4.79 Å². The first kappa shape index (κ1) is 10.5. The summed E-state index contributed by atoms with van der Waals surface area (Å²) >= 11 is 0. The van der Waals surface area contributed by atoms with E-state index in [4.69, 9.17) is 0 Å². The lowest BCUT2D eigenvalue weighted by Gasteiger charge is -2.39. The highest BCUT2D eigenvalue weighted by atomic mass is 16.1. The van der Waals surface area contributed by atoms with Gasteiger partial charge < -0.3 is 0 Å². The molecule has 3 aliphatic rings. The van der Waals surface area contributed by atoms with Gasteiger partial charge in [0.05, 0.1) is 5.41 Å². The van der Waals surface area contributed by atoms with Gasteiger partial charge in [-0.05, 0) is 49.1 Å². The van der Waals surface area contributed by atoms with Gasteiger partial charge in [0.15, 0.2) is 0 Å². The molecule has 3 unspecified atom stereocenters. The Kier molecular flexibility index (Phi) is 1.96. The highest BCUT2D eigenvalue weighted by Gasteiger charge is 2.55. The molecule has 0 saturated heterocycles. The van der Waals surface area contributed by atoms with E-state index in [2.05, 4.69) is 37.3 Å². The van der Waals surface area contributed by atoms with Gasteiger partial charge in [-0.15, -0.1) is 0 Å². The Morgan fingerprint density at radius 2 is 2.11 bits per heavy atom. The fourth-order valence-electron chi connectivity index (χ4n) is 4.47. The lowest BCUT2D eigenvalue weighted by atomic mass is 9.62. The SMILES string of the molecule is Cc1ccc2c(c1)CCC(=O)C21CC2C=CC1C2. The quantitative estimate of drug-likeness (QED) is 0.633. The third-order valence-electron chi connectivity index (χ3n) is 5.25. The van der Waals surface area contributed by atoms with Crippen LogP contribution in [0.25, 0.3) is 0 Å². The van der Waals surface area contributed by atoms with E-state index in [1.165, 1.54) is 23.1 Å². The van der Waals surface area contributed by atoms with Crippen molar-refractivity contribution in [3.05, 3.63) is 47.0 Å². The molecular formula is C17H18O. The van der Waals surface area contributed by atoms with Crippen molar-refractivity contribution in [1.82, 2.24) is 0 Å². The largest absolute Gasteiger partial charge is 0.299 e. The molecule has 0 heterocycles. The van der Waals surface area contributed by atoms with Crippen LogP contribution in [0.15, 0.2) is 30.4 Å². The van der Waals surface area contributed by atoms with Crippen molar-refractivity contribution in [3.63, 3.8) is 0 Å². The molecule has 0 aliphatic heterocycles. The average Bonchev–Trinajstić information content (AvgIpc) is 2.95. The molecule has 2 bridgehead atoms. The molecule has 3 aliphatic carbocycles. The summed E-state index contributed by atoms with van der Waals surface area (Å²) in [6, 6.07) is 6.70. The van der Waals surface area contributed by atoms with Crippen LogP contribution in [0.5, 0.6) is 0 Å². The van der Waals surface area contributed by atoms with Crippen LogP contribution in [-0.4, -0.2) is 5.78 Å². The number of benzene rings is 1. The maximum atomic E-state index is 12.6. The topological polar surface area (TPSA) is 17.1 Å². The summed E-state index contributed by atoms with van der Waals surface area (Å²) < 4.78 is 0. The van der Waals surface area contributed by atoms with Crippen LogP contribution in [0.1, 0.15) is 36.0 Å². The zero-order chi connectivity index (χ0) is 12.3. The summed E-state index contributed by atoms with van der Waals surface area (Å²) in [5.74, 6) is 1.61. The van der Waals surface area contributed by atoms with Crippen LogP contribution in [0, 0.1) is 18.8 Å². The van der Waals surface area contributed by atoms with Crippen LogP contribution in [0.4, 0.5) is 0 Å². The number of aryl methyl sites for hydroxylation is 2. The second-order valence-corrected chi connectivity index (χ2v) is 6.25. The Balaban J connectivity index is 1.94. The van der Waals surface area contributed by atoms with Gasteiger partial charge in [-0.25, -0.2) is 0 Å².